The van der Waals surface area contributed by atoms with Gasteiger partial charge in [0.15, 0.2) is 0 Å². The second kappa shape index (κ2) is 7.38. The highest BCUT2D eigenvalue weighted by Crippen LogP contribution is 2.17. The maximum absolute atomic E-state index is 12.9. The lowest BCUT2D eigenvalue weighted by Gasteiger charge is -2.03. The largest absolute Gasteiger partial charge is 0.241 e. The summed E-state index contributed by atoms with van der Waals surface area (Å²) in [6.45, 7) is 0.0289. The molecule has 8 nitrogen and oxygen atoms in total. The Kier molecular flexibility index (Phi) is 5.01. The van der Waals surface area contributed by atoms with Crippen molar-refractivity contribution in [2.45, 2.75) is 11.4 Å². The highest BCUT2D eigenvalue weighted by atomic mass is 32.2. The normalized spacial score (nSPS) is 11.2. The lowest BCUT2D eigenvalue weighted by molar-refractivity contribution is 0.570. The van der Waals surface area contributed by atoms with Crippen molar-refractivity contribution in [1.29, 1.82) is 5.26 Å². The van der Waals surface area contributed by atoms with Gasteiger partial charge in [0, 0.05) is 5.56 Å². The number of halogens is 1. The van der Waals surface area contributed by atoms with Crippen molar-refractivity contribution in [3.63, 3.8) is 0 Å². The van der Waals surface area contributed by atoms with Crippen LogP contribution in [0.25, 0.3) is 11.4 Å². The summed E-state index contributed by atoms with van der Waals surface area (Å²) < 4.78 is 38.9. The highest BCUT2D eigenvalue weighted by Gasteiger charge is 2.14. The molecular weight excluding hydrogens is 359 g/mol. The van der Waals surface area contributed by atoms with E-state index < -0.39 is 10.0 Å². The predicted molar refractivity (Wildman–Crippen MR) is 89.6 cm³/mol. The standard InChI is InChI=1S/C16H13FN6O2S/c17-14-5-1-12(2-6-14)11-23-21-16(20-22-23)13-3-7-15(8-4-13)26(24,25)19-10-9-18/h1-8,19H,10-11H2. The molecule has 0 radical (unpaired) electrons. The van der Waals surface area contributed by atoms with E-state index >= 15 is 0 Å². The van der Waals surface area contributed by atoms with E-state index in [1.807, 2.05) is 0 Å². The van der Waals surface area contributed by atoms with Crippen molar-refractivity contribution >= 4 is 10.0 Å². The first-order valence-corrected chi connectivity index (χ1v) is 8.95. The SMILES string of the molecule is N#CCNS(=O)(=O)c1ccc(-c2nnn(Cc3ccc(F)cc3)n2)cc1. The summed E-state index contributed by atoms with van der Waals surface area (Å²) >= 11 is 0. The minimum atomic E-state index is -3.73. The number of benzene rings is 2. The van der Waals surface area contributed by atoms with Crippen LogP contribution in [-0.4, -0.2) is 35.2 Å². The summed E-state index contributed by atoms with van der Waals surface area (Å²) in [5.41, 5.74) is 1.41. The average Bonchev–Trinajstić information content (AvgIpc) is 3.11. The van der Waals surface area contributed by atoms with Crippen molar-refractivity contribution in [1.82, 2.24) is 24.9 Å². The Balaban J connectivity index is 1.75. The van der Waals surface area contributed by atoms with E-state index in [4.69, 9.17) is 5.26 Å². The molecule has 0 spiro atoms. The van der Waals surface area contributed by atoms with Gasteiger partial charge in [0.1, 0.15) is 5.82 Å². The lowest BCUT2D eigenvalue weighted by Crippen LogP contribution is -2.23. The first-order chi connectivity index (χ1) is 12.5. The zero-order valence-electron chi connectivity index (χ0n) is 13.4. The number of nitrogens with one attached hydrogen (secondary N) is 1. The van der Waals surface area contributed by atoms with Crippen LogP contribution in [0.3, 0.4) is 0 Å². The monoisotopic (exact) mass is 372 g/mol. The number of aromatic nitrogens is 4. The molecule has 0 saturated carbocycles. The number of tetrazole rings is 1. The van der Waals surface area contributed by atoms with Crippen molar-refractivity contribution in [3.8, 4) is 17.5 Å². The smallest absolute Gasteiger partial charge is 0.207 e. The third-order valence-corrected chi connectivity index (χ3v) is 4.87. The number of nitriles is 1. The molecule has 0 aliphatic carbocycles. The summed E-state index contributed by atoms with van der Waals surface area (Å²) in [5, 5.41) is 20.6. The summed E-state index contributed by atoms with van der Waals surface area (Å²) in [6.07, 6.45) is 0. The Morgan fingerprint density at radius 1 is 1.12 bits per heavy atom. The van der Waals surface area contributed by atoms with Crippen molar-refractivity contribution in [3.05, 3.63) is 59.9 Å². The summed E-state index contributed by atoms with van der Waals surface area (Å²) in [6, 6.07) is 13.6. The Bertz CT molecular complexity index is 1040. The van der Waals surface area contributed by atoms with Gasteiger partial charge in [-0.2, -0.15) is 14.8 Å². The molecule has 10 heteroatoms. The molecule has 0 fully saturated rings. The molecule has 0 saturated heterocycles. The third-order valence-electron chi connectivity index (χ3n) is 3.45. The molecule has 3 rings (SSSR count). The van der Waals surface area contributed by atoms with E-state index in [9.17, 15) is 12.8 Å². The second-order valence-corrected chi connectivity index (χ2v) is 7.04. The van der Waals surface area contributed by atoms with Gasteiger partial charge in [-0.05, 0) is 47.2 Å². The molecular formula is C16H13FN6O2S. The van der Waals surface area contributed by atoms with Crippen LogP contribution in [-0.2, 0) is 16.6 Å². The third kappa shape index (κ3) is 4.08. The molecule has 2 aromatic carbocycles. The molecule has 0 aliphatic heterocycles. The van der Waals surface area contributed by atoms with E-state index in [0.29, 0.717) is 17.9 Å². The van der Waals surface area contributed by atoms with Gasteiger partial charge in [-0.1, -0.05) is 12.1 Å². The summed E-state index contributed by atoms with van der Waals surface area (Å²) in [4.78, 5) is 1.40. The quantitative estimate of drug-likeness (QED) is 0.653. The second-order valence-electron chi connectivity index (χ2n) is 5.28. The fraction of sp³-hybridized carbons (Fsp3) is 0.125. The molecule has 0 aliphatic rings. The van der Waals surface area contributed by atoms with Crippen LogP contribution in [0.5, 0.6) is 0 Å². The van der Waals surface area contributed by atoms with Crippen LogP contribution in [0, 0.1) is 17.1 Å². The molecule has 132 valence electrons. The maximum atomic E-state index is 12.9. The molecule has 1 aromatic heterocycles. The molecule has 3 aromatic rings. The van der Waals surface area contributed by atoms with Crippen molar-refractivity contribution in [2.24, 2.45) is 0 Å². The van der Waals surface area contributed by atoms with Crippen LogP contribution in [0.4, 0.5) is 4.39 Å². The Morgan fingerprint density at radius 2 is 1.81 bits per heavy atom. The maximum Gasteiger partial charge on any atom is 0.241 e. The molecule has 0 unspecified atom stereocenters. The number of nitrogens with zero attached hydrogens (tertiary/aromatic N) is 5. The molecule has 1 heterocycles. The molecule has 0 atom stereocenters. The number of hydrogen-bond acceptors (Lipinski definition) is 6. The molecule has 26 heavy (non-hydrogen) atoms. The number of hydrogen-bond donors (Lipinski definition) is 1. The zero-order valence-corrected chi connectivity index (χ0v) is 14.2. The van der Waals surface area contributed by atoms with E-state index in [1.165, 1.54) is 29.1 Å². The van der Waals surface area contributed by atoms with Crippen LogP contribution in [0.2, 0.25) is 0 Å². The lowest BCUT2D eigenvalue weighted by atomic mass is 10.2. The fourth-order valence-corrected chi connectivity index (χ4v) is 3.09. The Morgan fingerprint density at radius 3 is 2.46 bits per heavy atom. The van der Waals surface area contributed by atoms with E-state index in [2.05, 4.69) is 20.1 Å². The van der Waals surface area contributed by atoms with Gasteiger partial charge in [-0.15, -0.1) is 10.2 Å². The van der Waals surface area contributed by atoms with Crippen LogP contribution >= 0.6 is 0 Å². The first-order valence-electron chi connectivity index (χ1n) is 7.47. The minimum Gasteiger partial charge on any atom is -0.207 e. The minimum absolute atomic E-state index is 0.0372. The number of rotatable bonds is 6. The van der Waals surface area contributed by atoms with Gasteiger partial charge in [-0.3, -0.25) is 0 Å². The average molecular weight is 372 g/mol. The Labute approximate surface area is 148 Å². The van der Waals surface area contributed by atoms with Gasteiger partial charge in [0.05, 0.1) is 24.1 Å². The predicted octanol–water partition coefficient (Wildman–Crippen LogP) is 1.33. The van der Waals surface area contributed by atoms with Gasteiger partial charge in [0.2, 0.25) is 15.8 Å². The van der Waals surface area contributed by atoms with Crippen LogP contribution in [0.15, 0.2) is 53.4 Å². The van der Waals surface area contributed by atoms with Gasteiger partial charge >= 0.3 is 0 Å². The highest BCUT2D eigenvalue weighted by molar-refractivity contribution is 7.89. The summed E-state index contributed by atoms with van der Waals surface area (Å²) in [5.74, 6) is 0.0151. The van der Waals surface area contributed by atoms with E-state index in [0.717, 1.165) is 5.56 Å². The van der Waals surface area contributed by atoms with E-state index in [1.54, 1.807) is 30.3 Å². The van der Waals surface area contributed by atoms with Crippen LogP contribution in [0.1, 0.15) is 5.56 Å². The topological polar surface area (TPSA) is 114 Å². The molecule has 0 amide bonds. The van der Waals surface area contributed by atoms with Gasteiger partial charge in [0.25, 0.3) is 0 Å². The van der Waals surface area contributed by atoms with Crippen LogP contribution < -0.4 is 4.72 Å². The molecule has 0 bridgehead atoms. The van der Waals surface area contributed by atoms with Gasteiger partial charge < -0.3 is 0 Å². The van der Waals surface area contributed by atoms with E-state index in [-0.39, 0.29) is 17.3 Å². The Hall–Kier alpha value is -3.16. The van der Waals surface area contributed by atoms with Crippen molar-refractivity contribution < 1.29 is 12.8 Å². The van der Waals surface area contributed by atoms with Gasteiger partial charge in [-0.25, -0.2) is 12.8 Å². The first kappa shape index (κ1) is 17.7. The molecule has 1 N–H and O–H groups in total. The fourth-order valence-electron chi connectivity index (χ4n) is 2.17. The zero-order chi connectivity index (χ0) is 18.6. The van der Waals surface area contributed by atoms with Crippen molar-refractivity contribution in [2.75, 3.05) is 6.54 Å². The number of sulfonamides is 1. The summed E-state index contributed by atoms with van der Waals surface area (Å²) in [7, 11) is -3.73.